The van der Waals surface area contributed by atoms with E-state index >= 15 is 0 Å². The molecule has 0 aliphatic carbocycles. The van der Waals surface area contributed by atoms with Gasteiger partial charge in [0, 0.05) is 72.4 Å². The molecular formula is C29H31ClN4O2. The molecule has 3 aromatic rings. The fourth-order valence-corrected chi connectivity index (χ4v) is 5.47. The van der Waals surface area contributed by atoms with Crippen molar-refractivity contribution in [2.24, 2.45) is 0 Å². The maximum Gasteiger partial charge on any atom is 0.253 e. The molecule has 186 valence electrons. The number of anilines is 3. The molecular weight excluding hydrogens is 472 g/mol. The number of halogens is 1. The first-order chi connectivity index (χ1) is 17.4. The third-order valence-electron chi connectivity index (χ3n) is 7.14. The van der Waals surface area contributed by atoms with Crippen molar-refractivity contribution in [1.29, 1.82) is 0 Å². The van der Waals surface area contributed by atoms with Gasteiger partial charge >= 0.3 is 0 Å². The van der Waals surface area contributed by atoms with E-state index in [0.717, 1.165) is 47.7 Å². The summed E-state index contributed by atoms with van der Waals surface area (Å²) in [6.45, 7) is 6.60. The van der Waals surface area contributed by atoms with Crippen molar-refractivity contribution in [2.45, 2.75) is 32.4 Å². The molecule has 2 amide bonds. The van der Waals surface area contributed by atoms with Crippen molar-refractivity contribution in [3.05, 3.63) is 88.9 Å². The second-order valence-corrected chi connectivity index (χ2v) is 10.0. The Kier molecular flexibility index (Phi) is 6.88. The second-order valence-electron chi connectivity index (χ2n) is 9.57. The lowest BCUT2D eigenvalue weighted by Gasteiger charge is -2.41. The third kappa shape index (κ3) is 4.91. The van der Waals surface area contributed by atoms with Crippen LogP contribution in [0.4, 0.5) is 17.1 Å². The normalized spacial score (nSPS) is 19.6. The average Bonchev–Trinajstić information content (AvgIpc) is 2.90. The predicted molar refractivity (Wildman–Crippen MR) is 146 cm³/mol. The van der Waals surface area contributed by atoms with Crippen LogP contribution in [0, 0.1) is 0 Å². The predicted octanol–water partition coefficient (Wildman–Crippen LogP) is 5.60. The van der Waals surface area contributed by atoms with Crippen molar-refractivity contribution < 1.29 is 9.59 Å². The first-order valence-corrected chi connectivity index (χ1v) is 12.8. The maximum atomic E-state index is 12.9. The Hall–Kier alpha value is -3.51. The first-order valence-electron chi connectivity index (χ1n) is 12.5. The van der Waals surface area contributed by atoms with Crippen molar-refractivity contribution in [3.63, 3.8) is 0 Å². The zero-order chi connectivity index (χ0) is 25.2. The number of hydrogen-bond donors (Lipinski definition) is 1. The summed E-state index contributed by atoms with van der Waals surface area (Å²) in [5.41, 5.74) is 4.90. The average molecular weight is 503 g/mol. The third-order valence-corrected chi connectivity index (χ3v) is 7.39. The van der Waals surface area contributed by atoms with Crippen LogP contribution in [0.2, 0.25) is 5.02 Å². The fraction of sp³-hybridized carbons (Fsp3) is 0.310. The van der Waals surface area contributed by atoms with Crippen LogP contribution in [0.25, 0.3) is 0 Å². The number of hydrogen-bond acceptors (Lipinski definition) is 4. The van der Waals surface area contributed by atoms with E-state index in [1.54, 1.807) is 6.92 Å². The monoisotopic (exact) mass is 502 g/mol. The van der Waals surface area contributed by atoms with E-state index in [1.807, 2.05) is 64.4 Å². The van der Waals surface area contributed by atoms with Gasteiger partial charge in [0.25, 0.3) is 5.91 Å². The van der Waals surface area contributed by atoms with Gasteiger partial charge in [-0.15, -0.1) is 0 Å². The molecule has 2 aliphatic heterocycles. The van der Waals surface area contributed by atoms with Crippen LogP contribution in [0.5, 0.6) is 0 Å². The Morgan fingerprint density at radius 1 is 0.917 bits per heavy atom. The molecule has 2 unspecified atom stereocenters. The van der Waals surface area contributed by atoms with E-state index in [1.165, 1.54) is 0 Å². The molecule has 1 saturated heterocycles. The number of carbonyl (C=O) groups is 2. The van der Waals surface area contributed by atoms with Crippen molar-refractivity contribution in [1.82, 2.24) is 4.90 Å². The molecule has 3 aromatic carbocycles. The summed E-state index contributed by atoms with van der Waals surface area (Å²) in [5, 5.41) is 4.36. The van der Waals surface area contributed by atoms with Crippen LogP contribution in [0.15, 0.2) is 72.8 Å². The van der Waals surface area contributed by atoms with E-state index in [-0.39, 0.29) is 23.9 Å². The Morgan fingerprint density at radius 3 is 2.28 bits per heavy atom. The molecule has 0 aromatic heterocycles. The van der Waals surface area contributed by atoms with E-state index in [2.05, 4.69) is 35.3 Å². The minimum Gasteiger partial charge on any atom is -0.378 e. The first kappa shape index (κ1) is 24.2. The standard InChI is InChI=1S/C29H31ClN4O2/c1-20-18-27(31-24-10-8-23(30)9-11-24)26-19-25(12-13-28(26)34(20)21(2)35)32-14-16-33(17-15-32)29(36)22-6-4-3-5-7-22/h3-13,19-20,27,31H,14-18H2,1-2H3. The molecule has 1 fully saturated rings. The smallest absolute Gasteiger partial charge is 0.253 e. The molecule has 2 aliphatic rings. The van der Waals surface area contributed by atoms with Gasteiger partial charge in [-0.1, -0.05) is 29.8 Å². The Balaban J connectivity index is 1.37. The van der Waals surface area contributed by atoms with Crippen LogP contribution >= 0.6 is 11.6 Å². The second kappa shape index (κ2) is 10.2. The number of nitrogens with one attached hydrogen (secondary N) is 1. The molecule has 7 heteroatoms. The van der Waals surface area contributed by atoms with Gasteiger partial charge in [-0.2, -0.15) is 0 Å². The number of benzene rings is 3. The van der Waals surface area contributed by atoms with Gasteiger partial charge in [-0.3, -0.25) is 9.59 Å². The number of nitrogens with zero attached hydrogens (tertiary/aromatic N) is 3. The highest BCUT2D eigenvalue weighted by Crippen LogP contribution is 2.41. The topological polar surface area (TPSA) is 55.9 Å². The number of amides is 2. The van der Waals surface area contributed by atoms with Crippen molar-refractivity contribution in [2.75, 3.05) is 41.3 Å². The quantitative estimate of drug-likeness (QED) is 0.504. The lowest BCUT2D eigenvalue weighted by atomic mass is 9.90. The summed E-state index contributed by atoms with van der Waals surface area (Å²) < 4.78 is 0. The van der Waals surface area contributed by atoms with Crippen LogP contribution in [-0.4, -0.2) is 48.9 Å². The van der Waals surface area contributed by atoms with Crippen molar-refractivity contribution in [3.8, 4) is 0 Å². The molecule has 0 bridgehead atoms. The molecule has 0 saturated carbocycles. The molecule has 36 heavy (non-hydrogen) atoms. The van der Waals surface area contributed by atoms with Gasteiger partial charge in [-0.05, 0) is 67.9 Å². The van der Waals surface area contributed by atoms with Crippen LogP contribution in [-0.2, 0) is 4.79 Å². The zero-order valence-corrected chi connectivity index (χ0v) is 21.4. The lowest BCUT2D eigenvalue weighted by Crippen LogP contribution is -2.49. The van der Waals surface area contributed by atoms with Gasteiger partial charge in [0.2, 0.25) is 5.91 Å². The summed E-state index contributed by atoms with van der Waals surface area (Å²) in [4.78, 5) is 31.5. The molecule has 6 nitrogen and oxygen atoms in total. The molecule has 0 radical (unpaired) electrons. The summed E-state index contributed by atoms with van der Waals surface area (Å²) >= 11 is 6.08. The molecule has 2 atom stereocenters. The van der Waals surface area contributed by atoms with Crippen LogP contribution in [0.3, 0.4) is 0 Å². The van der Waals surface area contributed by atoms with Gasteiger partial charge in [0.05, 0.1) is 6.04 Å². The number of piperazine rings is 1. The van der Waals surface area contributed by atoms with Gasteiger partial charge in [-0.25, -0.2) is 0 Å². The van der Waals surface area contributed by atoms with E-state index in [0.29, 0.717) is 18.1 Å². The van der Waals surface area contributed by atoms with E-state index in [9.17, 15) is 9.59 Å². The highest BCUT2D eigenvalue weighted by Gasteiger charge is 2.33. The lowest BCUT2D eigenvalue weighted by molar-refractivity contribution is -0.117. The summed E-state index contributed by atoms with van der Waals surface area (Å²) in [6, 6.07) is 23.7. The van der Waals surface area contributed by atoms with Gasteiger partial charge < -0.3 is 20.0 Å². The Labute approximate surface area is 217 Å². The molecule has 5 rings (SSSR count). The van der Waals surface area contributed by atoms with Crippen molar-refractivity contribution >= 4 is 40.5 Å². The molecule has 2 heterocycles. The summed E-state index contributed by atoms with van der Waals surface area (Å²) in [6.07, 6.45) is 0.804. The SMILES string of the molecule is CC(=O)N1c2ccc(N3CCN(C(=O)c4ccccc4)CC3)cc2C(Nc2ccc(Cl)cc2)CC1C. The van der Waals surface area contributed by atoms with Crippen LogP contribution in [0.1, 0.15) is 42.2 Å². The minimum absolute atomic E-state index is 0.0504. The largest absolute Gasteiger partial charge is 0.378 e. The zero-order valence-electron chi connectivity index (χ0n) is 20.7. The number of carbonyl (C=O) groups excluding carboxylic acids is 2. The highest BCUT2D eigenvalue weighted by molar-refractivity contribution is 6.30. The van der Waals surface area contributed by atoms with E-state index < -0.39 is 0 Å². The molecule has 1 N–H and O–H groups in total. The Bertz CT molecular complexity index is 1240. The van der Waals surface area contributed by atoms with Gasteiger partial charge in [0.15, 0.2) is 0 Å². The summed E-state index contributed by atoms with van der Waals surface area (Å²) in [5.74, 6) is 0.133. The number of rotatable bonds is 4. The molecule has 0 spiro atoms. The van der Waals surface area contributed by atoms with Crippen LogP contribution < -0.4 is 15.1 Å². The Morgan fingerprint density at radius 2 is 1.61 bits per heavy atom. The maximum absolute atomic E-state index is 12.9. The summed E-state index contributed by atoms with van der Waals surface area (Å²) in [7, 11) is 0. The van der Waals surface area contributed by atoms with Gasteiger partial charge in [0.1, 0.15) is 0 Å². The van der Waals surface area contributed by atoms with E-state index in [4.69, 9.17) is 11.6 Å². The fourth-order valence-electron chi connectivity index (χ4n) is 5.34. The number of fused-ring (bicyclic) bond motifs is 1. The minimum atomic E-state index is 0.0504. The highest BCUT2D eigenvalue weighted by atomic mass is 35.5.